The van der Waals surface area contributed by atoms with E-state index in [-0.39, 0.29) is 10.2 Å². The molecular formula is C9H5Cl2NO. The van der Waals surface area contributed by atoms with Crippen LogP contribution < -0.4 is 0 Å². The maximum atomic E-state index is 9.88. The molecule has 0 amide bonds. The van der Waals surface area contributed by atoms with Crippen LogP contribution in [0, 0.1) is 0 Å². The molecule has 1 aromatic carbocycles. The first-order valence-corrected chi connectivity index (χ1v) is 4.20. The highest BCUT2D eigenvalue weighted by Crippen LogP contribution is 2.25. The average Bonchev–Trinajstić information content (AvgIpc) is 2.18. The molecule has 66 valence electrons. The fourth-order valence-electron chi connectivity index (χ4n) is 0.793. The molecule has 1 aromatic rings. The molecule has 0 saturated carbocycles. The first kappa shape index (κ1) is 10.0. The largest absolute Gasteiger partial charge is 0.241 e. The van der Waals surface area contributed by atoms with E-state index in [1.54, 1.807) is 12.1 Å². The molecule has 13 heavy (non-hydrogen) atoms. The van der Waals surface area contributed by atoms with Crippen molar-refractivity contribution in [2.45, 2.75) is 0 Å². The number of nitrogens with zero attached hydrogens (tertiary/aromatic N) is 1. The Hall–Kier alpha value is -1.08. The van der Waals surface area contributed by atoms with Gasteiger partial charge in [0.1, 0.15) is 0 Å². The number of isocyanates is 1. The zero-order valence-electron chi connectivity index (χ0n) is 6.50. The monoisotopic (exact) mass is 213 g/mol. The number of rotatable bonds is 2. The summed E-state index contributed by atoms with van der Waals surface area (Å²) in [7, 11) is 0. The molecular weight excluding hydrogens is 209 g/mol. The summed E-state index contributed by atoms with van der Waals surface area (Å²) in [5.74, 6) is 0. The van der Waals surface area contributed by atoms with Gasteiger partial charge in [0.2, 0.25) is 6.08 Å². The summed E-state index contributed by atoms with van der Waals surface area (Å²) in [6.45, 7) is 0. The molecule has 1 rings (SSSR count). The van der Waals surface area contributed by atoms with Crippen LogP contribution in [0.25, 0.3) is 5.03 Å². The Morgan fingerprint density at radius 2 is 1.85 bits per heavy atom. The Morgan fingerprint density at radius 3 is 2.38 bits per heavy atom. The topological polar surface area (TPSA) is 29.4 Å². The fraction of sp³-hybridized carbons (Fsp3) is 0. The molecule has 0 aliphatic carbocycles. The minimum atomic E-state index is -0.0529. The van der Waals surface area contributed by atoms with E-state index in [0.717, 1.165) is 0 Å². The van der Waals surface area contributed by atoms with Crippen LogP contribution in [0.15, 0.2) is 40.5 Å². The molecule has 0 fully saturated rings. The van der Waals surface area contributed by atoms with Crippen molar-refractivity contribution in [2.75, 3.05) is 0 Å². The molecule has 0 spiro atoms. The van der Waals surface area contributed by atoms with Crippen LogP contribution in [0.1, 0.15) is 5.56 Å². The summed E-state index contributed by atoms with van der Waals surface area (Å²) >= 11 is 11.4. The van der Waals surface area contributed by atoms with Gasteiger partial charge in [0.05, 0.1) is 5.03 Å². The van der Waals surface area contributed by atoms with Gasteiger partial charge in [-0.3, -0.25) is 0 Å². The van der Waals surface area contributed by atoms with Gasteiger partial charge in [0, 0.05) is 0 Å². The first-order chi connectivity index (χ1) is 6.25. The van der Waals surface area contributed by atoms with Crippen molar-refractivity contribution >= 4 is 34.3 Å². The van der Waals surface area contributed by atoms with Crippen LogP contribution >= 0.6 is 23.2 Å². The van der Waals surface area contributed by atoms with Crippen molar-refractivity contribution in [1.82, 2.24) is 0 Å². The Labute approximate surface area is 85.5 Å². The zero-order valence-corrected chi connectivity index (χ0v) is 8.01. The van der Waals surface area contributed by atoms with Gasteiger partial charge < -0.3 is 0 Å². The van der Waals surface area contributed by atoms with E-state index in [0.29, 0.717) is 5.56 Å². The molecule has 4 heteroatoms. The minimum absolute atomic E-state index is 0.0529. The molecule has 0 aromatic heterocycles. The highest BCUT2D eigenvalue weighted by atomic mass is 35.5. The zero-order chi connectivity index (χ0) is 9.68. The van der Waals surface area contributed by atoms with Gasteiger partial charge in [-0.1, -0.05) is 53.5 Å². The van der Waals surface area contributed by atoms with Crippen molar-refractivity contribution in [3.63, 3.8) is 0 Å². The second kappa shape index (κ2) is 4.83. The third kappa shape index (κ3) is 2.71. The molecule has 0 bridgehead atoms. The van der Waals surface area contributed by atoms with Crippen LogP contribution in [-0.4, -0.2) is 6.08 Å². The summed E-state index contributed by atoms with van der Waals surface area (Å²) < 4.78 is 0. The lowest BCUT2D eigenvalue weighted by Gasteiger charge is -1.97. The van der Waals surface area contributed by atoms with E-state index in [4.69, 9.17) is 23.2 Å². The van der Waals surface area contributed by atoms with Crippen molar-refractivity contribution in [3.05, 3.63) is 41.1 Å². The van der Waals surface area contributed by atoms with Gasteiger partial charge in [-0.2, -0.15) is 4.99 Å². The quantitative estimate of drug-likeness (QED) is 0.422. The second-order valence-electron chi connectivity index (χ2n) is 2.17. The number of benzene rings is 1. The van der Waals surface area contributed by atoms with Gasteiger partial charge in [-0.05, 0) is 5.56 Å². The molecule has 0 atom stereocenters. The van der Waals surface area contributed by atoms with Crippen LogP contribution in [0.3, 0.4) is 0 Å². The van der Waals surface area contributed by atoms with Gasteiger partial charge in [-0.25, -0.2) is 4.79 Å². The lowest BCUT2D eigenvalue weighted by Crippen LogP contribution is -1.77. The van der Waals surface area contributed by atoms with Gasteiger partial charge in [0.15, 0.2) is 5.16 Å². The number of carbonyl (C=O) groups excluding carboxylic acids is 1. The summed E-state index contributed by atoms with van der Waals surface area (Å²) in [6.07, 6.45) is 1.32. The smallest absolute Gasteiger partial charge is 0.211 e. The van der Waals surface area contributed by atoms with Crippen molar-refractivity contribution < 1.29 is 4.79 Å². The van der Waals surface area contributed by atoms with Gasteiger partial charge in [-0.15, -0.1) is 0 Å². The maximum Gasteiger partial charge on any atom is 0.241 e. The average molecular weight is 214 g/mol. The van der Waals surface area contributed by atoms with E-state index >= 15 is 0 Å². The lowest BCUT2D eigenvalue weighted by molar-refractivity contribution is 0.565. The standard InChI is InChI=1S/C9H5Cl2NO/c10-8(9(11)12-6-13)7-4-2-1-3-5-7/h1-5H/b9-8+. The Balaban J connectivity index is 3.10. The molecule has 0 aliphatic rings. The molecule has 0 radical (unpaired) electrons. The van der Waals surface area contributed by atoms with E-state index in [9.17, 15) is 4.79 Å². The minimum Gasteiger partial charge on any atom is -0.211 e. The number of hydrogen-bond acceptors (Lipinski definition) is 2. The highest BCUT2D eigenvalue weighted by Gasteiger charge is 2.02. The van der Waals surface area contributed by atoms with Crippen LogP contribution in [0.2, 0.25) is 0 Å². The SMILES string of the molecule is O=C=N/C(Cl)=C(/Cl)c1ccccc1. The summed E-state index contributed by atoms with van der Waals surface area (Å²) in [5, 5.41) is 0.188. The number of aliphatic imine (C=N–C) groups is 1. The van der Waals surface area contributed by atoms with E-state index < -0.39 is 0 Å². The maximum absolute atomic E-state index is 9.88. The van der Waals surface area contributed by atoms with Crippen molar-refractivity contribution in [3.8, 4) is 0 Å². The third-order valence-corrected chi connectivity index (χ3v) is 2.12. The number of hydrogen-bond donors (Lipinski definition) is 0. The van der Waals surface area contributed by atoms with Crippen LogP contribution in [0.4, 0.5) is 0 Å². The van der Waals surface area contributed by atoms with E-state index in [2.05, 4.69) is 4.99 Å². The Kier molecular flexibility index (Phi) is 3.71. The molecule has 0 N–H and O–H groups in total. The Bertz CT molecular complexity index is 366. The van der Waals surface area contributed by atoms with Crippen LogP contribution in [-0.2, 0) is 4.79 Å². The summed E-state index contributed by atoms with van der Waals surface area (Å²) in [4.78, 5) is 13.1. The van der Waals surface area contributed by atoms with Crippen molar-refractivity contribution in [2.24, 2.45) is 4.99 Å². The van der Waals surface area contributed by atoms with Crippen LogP contribution in [0.5, 0.6) is 0 Å². The van der Waals surface area contributed by atoms with Gasteiger partial charge in [0.25, 0.3) is 0 Å². The predicted octanol–water partition coefficient (Wildman–Crippen LogP) is 3.13. The molecule has 0 saturated heterocycles. The summed E-state index contributed by atoms with van der Waals surface area (Å²) in [5.41, 5.74) is 0.716. The predicted molar refractivity (Wildman–Crippen MR) is 53.2 cm³/mol. The van der Waals surface area contributed by atoms with Gasteiger partial charge >= 0.3 is 0 Å². The molecule has 0 heterocycles. The molecule has 0 aliphatic heterocycles. The lowest BCUT2D eigenvalue weighted by atomic mass is 10.2. The number of halogens is 2. The third-order valence-electron chi connectivity index (χ3n) is 1.35. The fourth-order valence-corrected chi connectivity index (χ4v) is 1.10. The molecule has 0 unspecified atom stereocenters. The van der Waals surface area contributed by atoms with E-state index in [1.807, 2.05) is 18.2 Å². The van der Waals surface area contributed by atoms with Crippen molar-refractivity contribution in [1.29, 1.82) is 0 Å². The normalized spacial score (nSPS) is 11.5. The highest BCUT2D eigenvalue weighted by molar-refractivity contribution is 6.54. The second-order valence-corrected chi connectivity index (χ2v) is 2.91. The summed E-state index contributed by atoms with van der Waals surface area (Å²) in [6, 6.07) is 9.01. The molecule has 2 nitrogen and oxygen atoms in total. The first-order valence-electron chi connectivity index (χ1n) is 3.44. The van der Waals surface area contributed by atoms with E-state index in [1.165, 1.54) is 6.08 Å². The Morgan fingerprint density at radius 1 is 1.23 bits per heavy atom.